The predicted octanol–water partition coefficient (Wildman–Crippen LogP) is 5.50. The fourth-order valence-corrected chi connectivity index (χ4v) is 3.32. The molecule has 27 heavy (non-hydrogen) atoms. The number of benzene rings is 3. The third kappa shape index (κ3) is 3.64. The van der Waals surface area contributed by atoms with E-state index in [-0.39, 0.29) is 6.10 Å². The number of hydrogen-bond donors (Lipinski definition) is 0. The summed E-state index contributed by atoms with van der Waals surface area (Å²) in [6, 6.07) is 25.2. The Morgan fingerprint density at radius 3 is 2.15 bits per heavy atom. The first-order chi connectivity index (χ1) is 13.1. The highest BCUT2D eigenvalue weighted by Gasteiger charge is 2.21. The summed E-state index contributed by atoms with van der Waals surface area (Å²) in [6.07, 6.45) is -0.218. The van der Waals surface area contributed by atoms with E-state index in [1.54, 1.807) is 0 Å². The van der Waals surface area contributed by atoms with Crippen molar-refractivity contribution in [2.45, 2.75) is 26.6 Å². The zero-order valence-electron chi connectivity index (χ0n) is 16.0. The summed E-state index contributed by atoms with van der Waals surface area (Å²) < 4.78 is 8.54. The van der Waals surface area contributed by atoms with E-state index in [1.807, 2.05) is 18.2 Å². The average Bonchev–Trinajstić information content (AvgIpc) is 3.02. The van der Waals surface area contributed by atoms with Crippen LogP contribution in [0.15, 0.2) is 72.8 Å². The van der Waals surface area contributed by atoms with Crippen molar-refractivity contribution in [3.63, 3.8) is 0 Å². The van der Waals surface area contributed by atoms with Crippen LogP contribution in [0.3, 0.4) is 0 Å². The normalized spacial score (nSPS) is 12.4. The summed E-state index contributed by atoms with van der Waals surface area (Å²) in [4.78, 5) is 4.88. The minimum atomic E-state index is -0.218. The lowest BCUT2D eigenvalue weighted by Gasteiger charge is -2.19. The molecule has 0 amide bonds. The van der Waals surface area contributed by atoms with Gasteiger partial charge in [0.1, 0.15) is 11.9 Å². The predicted molar refractivity (Wildman–Crippen MR) is 110 cm³/mol. The summed E-state index contributed by atoms with van der Waals surface area (Å²) in [6.45, 7) is 4.74. The summed E-state index contributed by atoms with van der Waals surface area (Å²) in [5.74, 6) is 0.923. The SMILES string of the molecule is Cc1ccc(COC(c2ccc(C)cc2)c2nc3ccccc3n2C)cc1. The molecular formula is C24H24N2O. The number of nitrogens with zero attached hydrogens (tertiary/aromatic N) is 2. The molecule has 4 rings (SSSR count). The van der Waals surface area contributed by atoms with Crippen molar-refractivity contribution in [2.24, 2.45) is 7.05 Å². The maximum Gasteiger partial charge on any atom is 0.143 e. The summed E-state index contributed by atoms with van der Waals surface area (Å²) >= 11 is 0. The molecule has 0 N–H and O–H groups in total. The molecule has 1 atom stereocenters. The maximum absolute atomic E-state index is 6.41. The van der Waals surface area contributed by atoms with E-state index in [4.69, 9.17) is 9.72 Å². The third-order valence-corrected chi connectivity index (χ3v) is 4.97. The van der Waals surface area contributed by atoms with Gasteiger partial charge in [0.05, 0.1) is 17.6 Å². The van der Waals surface area contributed by atoms with Crippen molar-refractivity contribution in [1.29, 1.82) is 0 Å². The number of para-hydroxylation sites is 2. The number of ether oxygens (including phenoxy) is 1. The van der Waals surface area contributed by atoms with Gasteiger partial charge in [0, 0.05) is 7.05 Å². The first kappa shape index (κ1) is 17.5. The maximum atomic E-state index is 6.41. The fraction of sp³-hybridized carbons (Fsp3) is 0.208. The minimum absolute atomic E-state index is 0.218. The third-order valence-electron chi connectivity index (χ3n) is 4.97. The molecule has 1 unspecified atom stereocenters. The molecule has 0 aliphatic rings. The van der Waals surface area contributed by atoms with Crippen molar-refractivity contribution >= 4 is 11.0 Å². The van der Waals surface area contributed by atoms with E-state index in [9.17, 15) is 0 Å². The first-order valence-corrected chi connectivity index (χ1v) is 9.27. The van der Waals surface area contributed by atoms with Gasteiger partial charge in [-0.15, -0.1) is 0 Å². The topological polar surface area (TPSA) is 27.1 Å². The van der Waals surface area contributed by atoms with Gasteiger partial charge in [-0.1, -0.05) is 71.8 Å². The van der Waals surface area contributed by atoms with Crippen molar-refractivity contribution in [3.8, 4) is 0 Å². The molecule has 0 bridgehead atoms. The number of aryl methyl sites for hydroxylation is 3. The van der Waals surface area contributed by atoms with Gasteiger partial charge in [-0.3, -0.25) is 0 Å². The average molecular weight is 356 g/mol. The highest BCUT2D eigenvalue weighted by atomic mass is 16.5. The largest absolute Gasteiger partial charge is 0.361 e. The quantitative estimate of drug-likeness (QED) is 0.472. The minimum Gasteiger partial charge on any atom is -0.361 e. The molecule has 0 spiro atoms. The van der Waals surface area contributed by atoms with Crippen LogP contribution in [0.5, 0.6) is 0 Å². The summed E-state index contributed by atoms with van der Waals surface area (Å²) in [5, 5.41) is 0. The van der Waals surface area contributed by atoms with Crippen LogP contribution in [0, 0.1) is 13.8 Å². The Morgan fingerprint density at radius 2 is 1.48 bits per heavy atom. The molecule has 3 aromatic carbocycles. The van der Waals surface area contributed by atoms with Crippen molar-refractivity contribution in [3.05, 3.63) is 101 Å². The Morgan fingerprint density at radius 1 is 0.852 bits per heavy atom. The second kappa shape index (κ2) is 7.37. The van der Waals surface area contributed by atoms with Gasteiger partial charge >= 0.3 is 0 Å². The van der Waals surface area contributed by atoms with Crippen LogP contribution in [0.1, 0.15) is 34.2 Å². The Hall–Kier alpha value is -2.91. The Labute approximate surface area is 160 Å². The Bertz CT molecular complexity index is 1050. The number of imidazole rings is 1. The number of hydrogen-bond acceptors (Lipinski definition) is 2. The molecule has 0 radical (unpaired) electrons. The molecule has 136 valence electrons. The van der Waals surface area contributed by atoms with Gasteiger partial charge in [-0.2, -0.15) is 0 Å². The second-order valence-corrected chi connectivity index (χ2v) is 7.11. The van der Waals surface area contributed by atoms with E-state index >= 15 is 0 Å². The van der Waals surface area contributed by atoms with Gasteiger partial charge in [0.15, 0.2) is 0 Å². The molecule has 3 heteroatoms. The lowest BCUT2D eigenvalue weighted by Crippen LogP contribution is -2.12. The zero-order chi connectivity index (χ0) is 18.8. The summed E-state index contributed by atoms with van der Waals surface area (Å²) in [5.41, 5.74) is 6.88. The molecule has 1 aromatic heterocycles. The fourth-order valence-electron chi connectivity index (χ4n) is 3.32. The number of fused-ring (bicyclic) bond motifs is 1. The van der Waals surface area contributed by atoms with E-state index in [0.717, 1.165) is 28.0 Å². The van der Waals surface area contributed by atoms with Crippen molar-refractivity contribution in [1.82, 2.24) is 9.55 Å². The molecule has 3 nitrogen and oxygen atoms in total. The molecular weight excluding hydrogens is 332 g/mol. The molecule has 0 aliphatic carbocycles. The molecule has 0 saturated heterocycles. The first-order valence-electron chi connectivity index (χ1n) is 9.27. The van der Waals surface area contributed by atoms with Gasteiger partial charge in [0.2, 0.25) is 0 Å². The van der Waals surface area contributed by atoms with Crippen LogP contribution >= 0.6 is 0 Å². The molecule has 1 heterocycles. The summed E-state index contributed by atoms with van der Waals surface area (Å²) in [7, 11) is 2.06. The highest BCUT2D eigenvalue weighted by Crippen LogP contribution is 2.29. The molecule has 0 saturated carbocycles. The van der Waals surface area contributed by atoms with E-state index in [0.29, 0.717) is 6.61 Å². The zero-order valence-corrected chi connectivity index (χ0v) is 16.0. The van der Waals surface area contributed by atoms with Crippen LogP contribution in [-0.4, -0.2) is 9.55 Å². The van der Waals surface area contributed by atoms with Crippen LogP contribution in [0.4, 0.5) is 0 Å². The van der Waals surface area contributed by atoms with E-state index in [2.05, 4.69) is 80.1 Å². The Kier molecular flexibility index (Phi) is 4.78. The Balaban J connectivity index is 1.71. The number of rotatable bonds is 5. The van der Waals surface area contributed by atoms with Crippen LogP contribution in [0.2, 0.25) is 0 Å². The van der Waals surface area contributed by atoms with Crippen LogP contribution in [0.25, 0.3) is 11.0 Å². The van der Waals surface area contributed by atoms with Crippen LogP contribution < -0.4 is 0 Å². The monoisotopic (exact) mass is 356 g/mol. The second-order valence-electron chi connectivity index (χ2n) is 7.11. The van der Waals surface area contributed by atoms with Crippen molar-refractivity contribution in [2.75, 3.05) is 0 Å². The van der Waals surface area contributed by atoms with Gasteiger partial charge in [-0.05, 0) is 37.1 Å². The molecule has 0 aliphatic heterocycles. The van der Waals surface area contributed by atoms with Gasteiger partial charge in [0.25, 0.3) is 0 Å². The standard InChI is InChI=1S/C24H24N2O/c1-17-8-12-19(13-9-17)16-27-23(20-14-10-18(2)11-15-20)24-25-21-6-4-5-7-22(21)26(24)3/h4-15,23H,16H2,1-3H3. The van der Waals surface area contributed by atoms with Crippen LogP contribution in [-0.2, 0) is 18.4 Å². The molecule has 4 aromatic rings. The highest BCUT2D eigenvalue weighted by molar-refractivity contribution is 5.76. The van der Waals surface area contributed by atoms with Gasteiger partial charge in [-0.25, -0.2) is 4.98 Å². The van der Waals surface area contributed by atoms with E-state index < -0.39 is 0 Å². The smallest absolute Gasteiger partial charge is 0.143 e. The van der Waals surface area contributed by atoms with Crippen molar-refractivity contribution < 1.29 is 4.74 Å². The lowest BCUT2D eigenvalue weighted by atomic mass is 10.1. The van der Waals surface area contributed by atoms with Gasteiger partial charge < -0.3 is 9.30 Å². The molecule has 0 fully saturated rings. The van der Waals surface area contributed by atoms with E-state index in [1.165, 1.54) is 11.1 Å². The number of aromatic nitrogens is 2. The lowest BCUT2D eigenvalue weighted by molar-refractivity contribution is 0.0596.